The highest BCUT2D eigenvalue weighted by Crippen LogP contribution is 2.26. The lowest BCUT2D eigenvalue weighted by molar-refractivity contribution is -0.134. The Morgan fingerprint density at radius 3 is 2.86 bits per heavy atom. The minimum Gasteiger partial charge on any atom is -0.383 e. The molecular formula is C16H23ClN4O. The molecule has 0 aliphatic carbocycles. The SMILES string of the molecule is CCCN(CCNc1cc(Cl)cc2[nH]ncc12)C(=O)C(C)C. The lowest BCUT2D eigenvalue weighted by Gasteiger charge is -2.24. The van der Waals surface area contributed by atoms with Gasteiger partial charge >= 0.3 is 0 Å². The van der Waals surface area contributed by atoms with Gasteiger partial charge in [0.15, 0.2) is 0 Å². The highest BCUT2D eigenvalue weighted by molar-refractivity contribution is 6.31. The van der Waals surface area contributed by atoms with E-state index in [-0.39, 0.29) is 11.8 Å². The van der Waals surface area contributed by atoms with E-state index in [1.54, 1.807) is 6.20 Å². The fraction of sp³-hybridized carbons (Fsp3) is 0.500. The Bertz CT molecular complexity index is 638. The van der Waals surface area contributed by atoms with Crippen molar-refractivity contribution in [1.82, 2.24) is 15.1 Å². The molecule has 0 saturated heterocycles. The van der Waals surface area contributed by atoms with E-state index in [0.717, 1.165) is 29.6 Å². The Hall–Kier alpha value is -1.75. The molecule has 2 aromatic rings. The highest BCUT2D eigenvalue weighted by Gasteiger charge is 2.15. The van der Waals surface area contributed by atoms with Crippen LogP contribution in [0.15, 0.2) is 18.3 Å². The van der Waals surface area contributed by atoms with Crippen molar-refractivity contribution in [1.29, 1.82) is 0 Å². The van der Waals surface area contributed by atoms with Crippen LogP contribution in [0.2, 0.25) is 5.02 Å². The van der Waals surface area contributed by atoms with E-state index in [9.17, 15) is 4.79 Å². The zero-order valence-corrected chi connectivity index (χ0v) is 14.1. The van der Waals surface area contributed by atoms with Gasteiger partial charge in [-0.3, -0.25) is 9.89 Å². The second-order valence-corrected chi connectivity index (χ2v) is 6.13. The van der Waals surface area contributed by atoms with E-state index < -0.39 is 0 Å². The van der Waals surface area contributed by atoms with E-state index in [1.165, 1.54) is 0 Å². The fourth-order valence-corrected chi connectivity index (χ4v) is 2.67. The van der Waals surface area contributed by atoms with Gasteiger partial charge in [0.05, 0.1) is 11.7 Å². The lowest BCUT2D eigenvalue weighted by Crippen LogP contribution is -2.38. The first-order valence-corrected chi connectivity index (χ1v) is 8.06. The molecule has 120 valence electrons. The number of anilines is 1. The standard InChI is InChI=1S/C16H23ClN4O/c1-4-6-21(16(22)11(2)3)7-5-18-14-8-12(17)9-15-13(14)10-19-20-15/h8-11,18H,4-7H2,1-3H3,(H,19,20). The van der Waals surface area contributed by atoms with Crippen LogP contribution in [0.5, 0.6) is 0 Å². The maximum absolute atomic E-state index is 12.2. The van der Waals surface area contributed by atoms with Gasteiger partial charge in [0.1, 0.15) is 0 Å². The number of fused-ring (bicyclic) bond motifs is 1. The van der Waals surface area contributed by atoms with Gasteiger partial charge < -0.3 is 10.2 Å². The summed E-state index contributed by atoms with van der Waals surface area (Å²) in [7, 11) is 0. The van der Waals surface area contributed by atoms with E-state index >= 15 is 0 Å². The van der Waals surface area contributed by atoms with Crippen LogP contribution in [0.4, 0.5) is 5.69 Å². The monoisotopic (exact) mass is 322 g/mol. The number of H-pyrrole nitrogens is 1. The zero-order valence-electron chi connectivity index (χ0n) is 13.3. The molecule has 0 atom stereocenters. The molecule has 0 unspecified atom stereocenters. The summed E-state index contributed by atoms with van der Waals surface area (Å²) in [5, 5.41) is 12.0. The average molecular weight is 323 g/mol. The Kier molecular flexibility index (Phi) is 5.66. The van der Waals surface area contributed by atoms with Crippen molar-refractivity contribution < 1.29 is 4.79 Å². The van der Waals surface area contributed by atoms with Crippen LogP contribution < -0.4 is 5.32 Å². The molecule has 22 heavy (non-hydrogen) atoms. The van der Waals surface area contributed by atoms with Gasteiger partial charge in [-0.2, -0.15) is 5.10 Å². The predicted molar refractivity (Wildman–Crippen MR) is 91.3 cm³/mol. The molecule has 0 aliphatic heterocycles. The summed E-state index contributed by atoms with van der Waals surface area (Å²) in [5.41, 5.74) is 1.84. The van der Waals surface area contributed by atoms with Gasteiger partial charge in [-0.15, -0.1) is 0 Å². The normalized spacial score (nSPS) is 11.1. The quantitative estimate of drug-likeness (QED) is 0.820. The Morgan fingerprint density at radius 2 is 2.18 bits per heavy atom. The molecule has 1 amide bonds. The van der Waals surface area contributed by atoms with Crippen molar-refractivity contribution >= 4 is 34.1 Å². The van der Waals surface area contributed by atoms with Crippen LogP contribution in [-0.4, -0.2) is 40.6 Å². The number of amides is 1. The van der Waals surface area contributed by atoms with Crippen LogP contribution in [0, 0.1) is 5.92 Å². The molecule has 2 N–H and O–H groups in total. The van der Waals surface area contributed by atoms with Gasteiger partial charge in [-0.05, 0) is 18.6 Å². The van der Waals surface area contributed by atoms with Crippen LogP contribution >= 0.6 is 11.6 Å². The number of carbonyl (C=O) groups excluding carboxylic acids is 1. The third-order valence-electron chi connectivity index (χ3n) is 3.52. The second-order valence-electron chi connectivity index (χ2n) is 5.69. The lowest BCUT2D eigenvalue weighted by atomic mass is 10.2. The number of halogens is 1. The van der Waals surface area contributed by atoms with Gasteiger partial charge in [0, 0.05) is 41.6 Å². The van der Waals surface area contributed by atoms with Crippen molar-refractivity contribution in [3.05, 3.63) is 23.4 Å². The third kappa shape index (κ3) is 3.91. The molecule has 0 saturated carbocycles. The fourth-order valence-electron chi connectivity index (χ4n) is 2.46. The van der Waals surface area contributed by atoms with Gasteiger partial charge in [-0.1, -0.05) is 32.4 Å². The van der Waals surface area contributed by atoms with E-state index in [1.807, 2.05) is 30.9 Å². The van der Waals surface area contributed by atoms with Crippen molar-refractivity contribution in [3.8, 4) is 0 Å². The second kappa shape index (κ2) is 7.49. The van der Waals surface area contributed by atoms with Crippen molar-refractivity contribution in [3.63, 3.8) is 0 Å². The molecule has 0 radical (unpaired) electrons. The molecule has 1 heterocycles. The summed E-state index contributed by atoms with van der Waals surface area (Å²) in [6.07, 6.45) is 2.73. The maximum atomic E-state index is 12.2. The number of aromatic nitrogens is 2. The van der Waals surface area contributed by atoms with Crippen LogP contribution in [0.1, 0.15) is 27.2 Å². The summed E-state index contributed by atoms with van der Waals surface area (Å²) in [6, 6.07) is 3.73. The van der Waals surface area contributed by atoms with Crippen molar-refractivity contribution in [2.24, 2.45) is 5.92 Å². The average Bonchev–Trinajstić information content (AvgIpc) is 2.93. The number of rotatable bonds is 7. The number of nitrogens with one attached hydrogen (secondary N) is 2. The van der Waals surface area contributed by atoms with Crippen molar-refractivity contribution in [2.45, 2.75) is 27.2 Å². The number of aromatic amines is 1. The molecule has 1 aromatic heterocycles. The summed E-state index contributed by atoms with van der Waals surface area (Å²) in [6.45, 7) is 8.10. The number of hydrogen-bond donors (Lipinski definition) is 2. The molecule has 0 spiro atoms. The number of nitrogens with zero attached hydrogens (tertiary/aromatic N) is 2. The van der Waals surface area contributed by atoms with Crippen LogP contribution in [0.3, 0.4) is 0 Å². The Morgan fingerprint density at radius 1 is 1.41 bits per heavy atom. The molecule has 0 bridgehead atoms. The summed E-state index contributed by atoms with van der Waals surface area (Å²) < 4.78 is 0. The molecule has 5 nitrogen and oxygen atoms in total. The van der Waals surface area contributed by atoms with Gasteiger partial charge in [-0.25, -0.2) is 0 Å². The Labute approximate surface area is 136 Å². The number of carbonyl (C=O) groups is 1. The van der Waals surface area contributed by atoms with Gasteiger partial charge in [0.25, 0.3) is 0 Å². The van der Waals surface area contributed by atoms with Gasteiger partial charge in [0.2, 0.25) is 5.91 Å². The van der Waals surface area contributed by atoms with E-state index in [4.69, 9.17) is 11.6 Å². The maximum Gasteiger partial charge on any atom is 0.225 e. The molecule has 6 heteroatoms. The van der Waals surface area contributed by atoms with Crippen LogP contribution in [-0.2, 0) is 4.79 Å². The van der Waals surface area contributed by atoms with E-state index in [0.29, 0.717) is 18.1 Å². The highest BCUT2D eigenvalue weighted by atomic mass is 35.5. The Balaban J connectivity index is 2.01. The minimum atomic E-state index is 0.0262. The third-order valence-corrected chi connectivity index (χ3v) is 3.74. The molecule has 1 aromatic carbocycles. The van der Waals surface area contributed by atoms with E-state index in [2.05, 4.69) is 22.4 Å². The summed E-state index contributed by atoms with van der Waals surface area (Å²) >= 11 is 6.11. The first kappa shape index (κ1) is 16.6. The number of hydrogen-bond acceptors (Lipinski definition) is 3. The molecular weight excluding hydrogens is 300 g/mol. The largest absolute Gasteiger partial charge is 0.383 e. The zero-order chi connectivity index (χ0) is 16.1. The topological polar surface area (TPSA) is 61.0 Å². The summed E-state index contributed by atoms with van der Waals surface area (Å²) in [4.78, 5) is 14.1. The van der Waals surface area contributed by atoms with Crippen LogP contribution in [0.25, 0.3) is 10.9 Å². The molecule has 0 fully saturated rings. The molecule has 2 rings (SSSR count). The molecule has 0 aliphatic rings. The van der Waals surface area contributed by atoms with Crippen molar-refractivity contribution in [2.75, 3.05) is 25.0 Å². The number of benzene rings is 1. The smallest absolute Gasteiger partial charge is 0.225 e. The predicted octanol–water partition coefficient (Wildman–Crippen LogP) is 3.52. The minimum absolute atomic E-state index is 0.0262. The first-order chi connectivity index (χ1) is 10.5. The summed E-state index contributed by atoms with van der Waals surface area (Å²) in [5.74, 6) is 0.224. The first-order valence-electron chi connectivity index (χ1n) is 7.68.